The van der Waals surface area contributed by atoms with Gasteiger partial charge in [0.05, 0.1) is 31.0 Å². The number of ketones is 1. The summed E-state index contributed by atoms with van der Waals surface area (Å²) in [7, 11) is 1.47. The lowest BCUT2D eigenvalue weighted by Gasteiger charge is -2.23. The van der Waals surface area contributed by atoms with Crippen molar-refractivity contribution < 1.29 is 34.1 Å². The first kappa shape index (κ1) is 24.0. The van der Waals surface area contributed by atoms with E-state index in [1.54, 1.807) is 44.2 Å². The SMILES string of the molecule is CCOC(=O)c1sc(N2C(=O)C(=O)C(=C(O)c3cccc(OC)c3)C2c2cccc(O)c2)nc1C. The summed E-state index contributed by atoms with van der Waals surface area (Å²) in [5, 5.41) is 21.4. The van der Waals surface area contributed by atoms with Crippen molar-refractivity contribution in [2.24, 2.45) is 0 Å². The summed E-state index contributed by atoms with van der Waals surface area (Å²) in [6, 6.07) is 11.4. The third-order valence-corrected chi connectivity index (χ3v) is 6.56. The number of phenols is 1. The molecule has 35 heavy (non-hydrogen) atoms. The van der Waals surface area contributed by atoms with Crippen molar-refractivity contribution in [3.8, 4) is 11.5 Å². The van der Waals surface area contributed by atoms with Gasteiger partial charge in [0.1, 0.15) is 22.1 Å². The number of amides is 1. The Balaban J connectivity index is 1.92. The normalized spacial score (nSPS) is 17.0. The number of ether oxygens (including phenoxy) is 2. The predicted molar refractivity (Wildman–Crippen MR) is 129 cm³/mol. The summed E-state index contributed by atoms with van der Waals surface area (Å²) >= 11 is 0.909. The van der Waals surface area contributed by atoms with Crippen LogP contribution in [0.2, 0.25) is 0 Å². The van der Waals surface area contributed by atoms with Crippen molar-refractivity contribution >= 4 is 39.9 Å². The van der Waals surface area contributed by atoms with Crippen LogP contribution in [0.25, 0.3) is 5.76 Å². The highest BCUT2D eigenvalue weighted by Gasteiger charge is 2.48. The number of aromatic hydroxyl groups is 1. The maximum atomic E-state index is 13.3. The number of benzene rings is 2. The number of aliphatic hydroxyl groups is 1. The summed E-state index contributed by atoms with van der Waals surface area (Å²) in [6.07, 6.45) is 0. The van der Waals surface area contributed by atoms with Gasteiger partial charge in [-0.15, -0.1) is 0 Å². The molecule has 1 saturated heterocycles. The van der Waals surface area contributed by atoms with Crippen LogP contribution in [0.5, 0.6) is 11.5 Å². The molecule has 1 aromatic heterocycles. The molecule has 1 fully saturated rings. The number of aromatic nitrogens is 1. The number of anilines is 1. The van der Waals surface area contributed by atoms with E-state index in [0.717, 1.165) is 16.2 Å². The molecule has 10 heteroatoms. The molecular formula is C25H22N2O7S. The number of phenolic OH excluding ortho intramolecular Hbond substituents is 1. The summed E-state index contributed by atoms with van der Waals surface area (Å²) in [6.45, 7) is 3.44. The Morgan fingerprint density at radius 2 is 1.91 bits per heavy atom. The molecule has 1 aliphatic heterocycles. The molecular weight excluding hydrogens is 472 g/mol. The van der Waals surface area contributed by atoms with E-state index in [1.165, 1.54) is 25.3 Å². The summed E-state index contributed by atoms with van der Waals surface area (Å²) in [4.78, 5) is 44.5. The number of thiazole rings is 1. The Morgan fingerprint density at radius 3 is 2.60 bits per heavy atom. The highest BCUT2D eigenvalue weighted by molar-refractivity contribution is 7.17. The quantitative estimate of drug-likeness (QED) is 0.228. The van der Waals surface area contributed by atoms with Crippen molar-refractivity contribution in [3.63, 3.8) is 0 Å². The first-order chi connectivity index (χ1) is 16.8. The lowest BCUT2D eigenvalue weighted by Crippen LogP contribution is -2.29. The zero-order valence-corrected chi connectivity index (χ0v) is 20.0. The monoisotopic (exact) mass is 494 g/mol. The molecule has 1 amide bonds. The maximum Gasteiger partial charge on any atom is 0.350 e. The third-order valence-electron chi connectivity index (χ3n) is 5.43. The number of esters is 1. The van der Waals surface area contributed by atoms with Crippen LogP contribution in [-0.4, -0.2) is 46.6 Å². The number of rotatable bonds is 6. The number of methoxy groups -OCH3 is 1. The Labute approximate surface area is 204 Å². The van der Waals surface area contributed by atoms with Crippen LogP contribution < -0.4 is 9.64 Å². The Hall–Kier alpha value is -4.18. The van der Waals surface area contributed by atoms with Gasteiger partial charge in [0, 0.05) is 5.56 Å². The zero-order valence-electron chi connectivity index (χ0n) is 19.1. The second-order valence-electron chi connectivity index (χ2n) is 7.63. The van der Waals surface area contributed by atoms with Crippen molar-refractivity contribution in [1.82, 2.24) is 4.98 Å². The molecule has 9 nitrogen and oxygen atoms in total. The van der Waals surface area contributed by atoms with Gasteiger partial charge in [-0.05, 0) is 43.7 Å². The minimum absolute atomic E-state index is 0.0861. The van der Waals surface area contributed by atoms with Gasteiger partial charge in [0.2, 0.25) is 0 Å². The van der Waals surface area contributed by atoms with Gasteiger partial charge >= 0.3 is 11.9 Å². The van der Waals surface area contributed by atoms with Gasteiger partial charge in [-0.2, -0.15) is 0 Å². The number of aryl methyl sites for hydroxylation is 1. The van der Waals surface area contributed by atoms with E-state index < -0.39 is 29.5 Å². The van der Waals surface area contributed by atoms with E-state index in [0.29, 0.717) is 17.0 Å². The Bertz CT molecular complexity index is 1360. The molecule has 1 aliphatic rings. The van der Waals surface area contributed by atoms with Crippen LogP contribution in [0.15, 0.2) is 54.1 Å². The topological polar surface area (TPSA) is 126 Å². The van der Waals surface area contributed by atoms with E-state index in [9.17, 15) is 24.6 Å². The highest BCUT2D eigenvalue weighted by atomic mass is 32.1. The number of hydrogen-bond donors (Lipinski definition) is 2. The van der Waals surface area contributed by atoms with Crippen molar-refractivity contribution in [2.45, 2.75) is 19.9 Å². The molecule has 180 valence electrons. The summed E-state index contributed by atoms with van der Waals surface area (Å²) < 4.78 is 10.3. The molecule has 0 saturated carbocycles. The molecule has 0 bridgehead atoms. The highest BCUT2D eigenvalue weighted by Crippen LogP contribution is 2.44. The number of hydrogen-bond acceptors (Lipinski definition) is 9. The van der Waals surface area contributed by atoms with Gasteiger partial charge in [0.15, 0.2) is 5.13 Å². The molecule has 0 spiro atoms. The van der Waals surface area contributed by atoms with Crippen LogP contribution in [0, 0.1) is 6.92 Å². The molecule has 2 aromatic carbocycles. The number of nitrogens with zero attached hydrogens (tertiary/aromatic N) is 2. The molecule has 3 aromatic rings. The van der Waals surface area contributed by atoms with Crippen molar-refractivity contribution in [2.75, 3.05) is 18.6 Å². The lowest BCUT2D eigenvalue weighted by molar-refractivity contribution is -0.132. The van der Waals surface area contributed by atoms with Gasteiger partial charge in [-0.1, -0.05) is 35.6 Å². The minimum Gasteiger partial charge on any atom is -0.508 e. The summed E-state index contributed by atoms with van der Waals surface area (Å²) in [5.74, 6) is -2.48. The molecule has 1 unspecified atom stereocenters. The first-order valence-corrected chi connectivity index (χ1v) is 11.5. The molecule has 2 heterocycles. The molecule has 0 aliphatic carbocycles. The second kappa shape index (κ2) is 9.59. The fourth-order valence-corrected chi connectivity index (χ4v) is 4.82. The first-order valence-electron chi connectivity index (χ1n) is 10.7. The number of carbonyl (C=O) groups is 3. The average Bonchev–Trinajstić information content (AvgIpc) is 3.35. The van der Waals surface area contributed by atoms with E-state index >= 15 is 0 Å². The zero-order chi connectivity index (χ0) is 25.3. The smallest absolute Gasteiger partial charge is 0.350 e. The predicted octanol–water partition coefficient (Wildman–Crippen LogP) is 3.97. The van der Waals surface area contributed by atoms with Crippen molar-refractivity contribution in [1.29, 1.82) is 0 Å². The van der Waals surface area contributed by atoms with Crippen LogP contribution >= 0.6 is 11.3 Å². The molecule has 1 atom stereocenters. The van der Waals surface area contributed by atoms with E-state index in [1.807, 2.05) is 0 Å². The fraction of sp³-hybridized carbons (Fsp3) is 0.200. The van der Waals surface area contributed by atoms with E-state index in [4.69, 9.17) is 9.47 Å². The third kappa shape index (κ3) is 4.35. The van der Waals surface area contributed by atoms with E-state index in [2.05, 4.69) is 4.98 Å². The van der Waals surface area contributed by atoms with Gasteiger partial charge in [0.25, 0.3) is 5.78 Å². The number of carbonyl (C=O) groups excluding carboxylic acids is 3. The van der Waals surface area contributed by atoms with Gasteiger partial charge in [-0.25, -0.2) is 9.78 Å². The second-order valence-corrected chi connectivity index (χ2v) is 8.61. The molecule has 4 rings (SSSR count). The number of Topliss-reactive ketones (excluding diaryl/α,β-unsaturated/α-hetero) is 1. The van der Waals surface area contributed by atoms with E-state index in [-0.39, 0.29) is 33.5 Å². The lowest BCUT2D eigenvalue weighted by atomic mass is 9.95. The van der Waals surface area contributed by atoms with Crippen LogP contribution in [0.3, 0.4) is 0 Å². The Morgan fingerprint density at radius 1 is 1.17 bits per heavy atom. The largest absolute Gasteiger partial charge is 0.508 e. The average molecular weight is 495 g/mol. The molecule has 2 N–H and O–H groups in total. The van der Waals surface area contributed by atoms with Crippen molar-refractivity contribution in [3.05, 3.63) is 75.8 Å². The van der Waals surface area contributed by atoms with Gasteiger partial charge < -0.3 is 19.7 Å². The van der Waals surface area contributed by atoms with Crippen LogP contribution in [-0.2, 0) is 14.3 Å². The summed E-state index contributed by atoms with van der Waals surface area (Å²) in [5.41, 5.74) is 0.807. The van der Waals surface area contributed by atoms with Crippen LogP contribution in [0.1, 0.15) is 39.5 Å². The fourth-order valence-electron chi connectivity index (χ4n) is 3.84. The standard InChI is InChI=1S/C25H22N2O7S/c1-4-34-24(32)22-13(2)26-25(35-22)27-19(14-7-5-9-16(28)11-14)18(21(30)23(27)31)20(29)15-8-6-10-17(12-15)33-3/h5-12,19,28-29H,4H2,1-3H3. The van der Waals surface area contributed by atoms with Gasteiger partial charge in [-0.3, -0.25) is 14.5 Å². The number of aliphatic hydroxyl groups excluding tert-OH is 1. The maximum absolute atomic E-state index is 13.3. The Kier molecular flexibility index (Phi) is 6.57. The minimum atomic E-state index is -1.10. The van der Waals surface area contributed by atoms with Crippen LogP contribution in [0.4, 0.5) is 5.13 Å². The molecule has 0 radical (unpaired) electrons.